The Balaban J connectivity index is 0.00000364. The Bertz CT molecular complexity index is 730. The van der Waals surface area contributed by atoms with Gasteiger partial charge in [0.1, 0.15) is 0 Å². The Morgan fingerprint density at radius 2 is 1.93 bits per heavy atom. The van der Waals surface area contributed by atoms with Crippen molar-refractivity contribution in [2.24, 2.45) is 0 Å². The average Bonchev–Trinajstić information content (AvgIpc) is 2.62. The molecule has 3 nitrogen and oxygen atoms in total. The maximum atomic E-state index is 6.36. The molecule has 0 amide bonds. The Morgan fingerprint density at radius 3 is 2.67 bits per heavy atom. The minimum absolute atomic E-state index is 0. The lowest BCUT2D eigenvalue weighted by molar-refractivity contribution is 0.984. The Hall–Kier alpha value is -0.330. The number of thioether (sulfide) groups is 2. The minimum atomic E-state index is 0. The summed E-state index contributed by atoms with van der Waals surface area (Å²) >= 11 is 15.9. The molecule has 0 aromatic carbocycles. The maximum Gasteiger partial charge on any atom is 0.0850 e. The normalized spacial score (nSPS) is 10.6. The molecule has 2 rings (SSSR count). The fourth-order valence-electron chi connectivity index (χ4n) is 2.51. The number of nitrogens with one attached hydrogen (secondary N) is 1. The van der Waals surface area contributed by atoms with Crippen LogP contribution < -0.4 is 5.32 Å². The smallest absolute Gasteiger partial charge is 0.0850 e. The highest BCUT2D eigenvalue weighted by atomic mass is 35.5. The van der Waals surface area contributed by atoms with Crippen LogP contribution in [-0.4, -0.2) is 33.1 Å². The van der Waals surface area contributed by atoms with E-state index in [1.807, 2.05) is 49.6 Å². The molecule has 0 bridgehead atoms. The first-order chi connectivity index (χ1) is 12.5. The number of hydrogen-bond donors (Lipinski definition) is 1. The minimum Gasteiger partial charge on any atom is -0.378 e. The van der Waals surface area contributed by atoms with Crippen LogP contribution in [0.3, 0.4) is 0 Å². The van der Waals surface area contributed by atoms with Crippen molar-refractivity contribution in [1.29, 1.82) is 0 Å². The summed E-state index contributed by atoms with van der Waals surface area (Å²) in [5, 5.41) is 4.08. The van der Waals surface area contributed by atoms with Gasteiger partial charge in [-0.25, -0.2) is 0 Å². The second kappa shape index (κ2) is 13.0. The average molecular weight is 467 g/mol. The van der Waals surface area contributed by atoms with Gasteiger partial charge in [0.25, 0.3) is 0 Å². The van der Waals surface area contributed by atoms with E-state index in [2.05, 4.69) is 28.3 Å². The van der Waals surface area contributed by atoms with Crippen molar-refractivity contribution < 1.29 is 0 Å². The van der Waals surface area contributed by atoms with Crippen molar-refractivity contribution in [3.63, 3.8) is 0 Å². The standard InChI is InChI=1S/C19H25Cl2N3S2.ClH/c1-13-11-16(19(21)15(3)24-13)23-12-17-14(2)18(5-7-22-17)26-9-4-8-25-10-6-20;/h5,7,11H,4,6,8-10,12H2,1-3H3,(H,23,24);1H. The molecular weight excluding hydrogens is 441 g/mol. The molecule has 0 saturated carbocycles. The van der Waals surface area contributed by atoms with Crippen molar-refractivity contribution >= 4 is 64.8 Å². The van der Waals surface area contributed by atoms with Crippen LogP contribution in [0.2, 0.25) is 5.02 Å². The first kappa shape index (κ1) is 24.7. The van der Waals surface area contributed by atoms with Crippen LogP contribution in [0.15, 0.2) is 23.2 Å². The van der Waals surface area contributed by atoms with Gasteiger partial charge < -0.3 is 5.32 Å². The van der Waals surface area contributed by atoms with Gasteiger partial charge in [0.2, 0.25) is 0 Å². The zero-order valence-electron chi connectivity index (χ0n) is 15.8. The first-order valence-electron chi connectivity index (χ1n) is 8.61. The molecule has 0 spiro atoms. The number of pyridine rings is 2. The van der Waals surface area contributed by atoms with E-state index in [4.69, 9.17) is 23.2 Å². The molecule has 2 aromatic rings. The molecule has 0 aliphatic heterocycles. The van der Waals surface area contributed by atoms with Crippen molar-refractivity contribution in [2.75, 3.05) is 28.5 Å². The summed E-state index contributed by atoms with van der Waals surface area (Å²) in [5.41, 5.74) is 4.99. The summed E-state index contributed by atoms with van der Waals surface area (Å²) in [6.45, 7) is 6.68. The lowest BCUT2D eigenvalue weighted by Crippen LogP contribution is -2.06. The first-order valence-corrected chi connectivity index (χ1v) is 11.7. The zero-order valence-corrected chi connectivity index (χ0v) is 19.8. The number of halogens is 3. The van der Waals surface area contributed by atoms with E-state index in [9.17, 15) is 0 Å². The summed E-state index contributed by atoms with van der Waals surface area (Å²) in [6.07, 6.45) is 3.08. The van der Waals surface area contributed by atoms with Crippen molar-refractivity contribution in [3.05, 3.63) is 46.0 Å². The molecular formula is C19H26Cl3N3S2. The predicted molar refractivity (Wildman–Crippen MR) is 126 cm³/mol. The summed E-state index contributed by atoms with van der Waals surface area (Å²) in [4.78, 5) is 10.2. The number of nitrogens with zero attached hydrogens (tertiary/aromatic N) is 2. The molecule has 2 heterocycles. The van der Waals surface area contributed by atoms with Gasteiger partial charge in [0.15, 0.2) is 0 Å². The lowest BCUT2D eigenvalue weighted by atomic mass is 10.2. The van der Waals surface area contributed by atoms with E-state index < -0.39 is 0 Å². The highest BCUT2D eigenvalue weighted by molar-refractivity contribution is 8.00. The van der Waals surface area contributed by atoms with Crippen LogP contribution in [0.25, 0.3) is 0 Å². The second-order valence-electron chi connectivity index (χ2n) is 5.95. The van der Waals surface area contributed by atoms with Crippen LogP contribution in [0.4, 0.5) is 5.69 Å². The Labute approximate surface area is 187 Å². The molecule has 0 fully saturated rings. The highest BCUT2D eigenvalue weighted by Gasteiger charge is 2.09. The quantitative estimate of drug-likeness (QED) is 0.244. The fraction of sp³-hybridized carbons (Fsp3) is 0.474. The van der Waals surface area contributed by atoms with Crippen molar-refractivity contribution in [1.82, 2.24) is 9.97 Å². The van der Waals surface area contributed by atoms with Gasteiger partial charge in [-0.15, -0.1) is 35.8 Å². The number of rotatable bonds is 10. The molecule has 0 radical (unpaired) electrons. The van der Waals surface area contributed by atoms with E-state index in [1.165, 1.54) is 16.9 Å². The van der Waals surface area contributed by atoms with Gasteiger partial charge in [-0.1, -0.05) is 11.6 Å². The third-order valence-electron chi connectivity index (χ3n) is 3.87. The largest absolute Gasteiger partial charge is 0.378 e. The van der Waals surface area contributed by atoms with Crippen LogP contribution in [-0.2, 0) is 6.54 Å². The van der Waals surface area contributed by atoms with Gasteiger partial charge in [0, 0.05) is 28.4 Å². The highest BCUT2D eigenvalue weighted by Crippen LogP contribution is 2.28. The molecule has 27 heavy (non-hydrogen) atoms. The van der Waals surface area contributed by atoms with E-state index >= 15 is 0 Å². The molecule has 0 atom stereocenters. The molecule has 1 N–H and O–H groups in total. The topological polar surface area (TPSA) is 37.8 Å². The molecule has 2 aromatic heterocycles. The maximum absolute atomic E-state index is 6.36. The summed E-state index contributed by atoms with van der Waals surface area (Å²) in [6, 6.07) is 4.07. The number of alkyl halides is 1. The van der Waals surface area contributed by atoms with Gasteiger partial charge >= 0.3 is 0 Å². The van der Waals surface area contributed by atoms with Crippen LogP contribution in [0.5, 0.6) is 0 Å². The molecule has 0 unspecified atom stereocenters. The predicted octanol–water partition coefficient (Wildman–Crippen LogP) is 6.54. The molecule has 0 aliphatic rings. The van der Waals surface area contributed by atoms with Crippen LogP contribution >= 0.6 is 59.1 Å². The molecule has 150 valence electrons. The molecule has 8 heteroatoms. The zero-order chi connectivity index (χ0) is 18.9. The number of aryl methyl sites for hydroxylation is 2. The van der Waals surface area contributed by atoms with Crippen molar-refractivity contribution in [2.45, 2.75) is 38.6 Å². The number of anilines is 1. The van der Waals surface area contributed by atoms with E-state index in [0.29, 0.717) is 11.6 Å². The SMILES string of the molecule is Cc1cc(NCc2nccc(SCCCSCCCl)c2C)c(Cl)c(C)n1.Cl. The van der Waals surface area contributed by atoms with Gasteiger partial charge in [-0.3, -0.25) is 9.97 Å². The summed E-state index contributed by atoms with van der Waals surface area (Å²) < 4.78 is 0. The number of aromatic nitrogens is 2. The van der Waals surface area contributed by atoms with Gasteiger partial charge in [-0.05, 0) is 56.4 Å². The molecule has 0 saturated heterocycles. The van der Waals surface area contributed by atoms with E-state index in [0.717, 1.165) is 45.9 Å². The van der Waals surface area contributed by atoms with Gasteiger partial charge in [-0.2, -0.15) is 11.8 Å². The molecule has 0 aliphatic carbocycles. The Morgan fingerprint density at radius 1 is 1.15 bits per heavy atom. The van der Waals surface area contributed by atoms with E-state index in [1.54, 1.807) is 0 Å². The summed E-state index contributed by atoms with van der Waals surface area (Å²) in [7, 11) is 0. The third kappa shape index (κ3) is 7.90. The second-order valence-corrected chi connectivity index (χ2v) is 9.07. The van der Waals surface area contributed by atoms with Crippen LogP contribution in [0, 0.1) is 20.8 Å². The monoisotopic (exact) mass is 465 g/mol. The van der Waals surface area contributed by atoms with E-state index in [-0.39, 0.29) is 12.4 Å². The third-order valence-corrected chi connectivity index (χ3v) is 7.07. The van der Waals surface area contributed by atoms with Crippen LogP contribution in [0.1, 0.15) is 29.1 Å². The fourth-order valence-corrected chi connectivity index (χ4v) is 4.85. The van der Waals surface area contributed by atoms with Crippen molar-refractivity contribution in [3.8, 4) is 0 Å². The summed E-state index contributed by atoms with van der Waals surface area (Å²) in [5.74, 6) is 4.05. The Kier molecular flexibility index (Phi) is 11.9. The number of hydrogen-bond acceptors (Lipinski definition) is 5. The van der Waals surface area contributed by atoms with Gasteiger partial charge in [0.05, 0.1) is 28.6 Å². The lowest BCUT2D eigenvalue weighted by Gasteiger charge is -2.13.